The van der Waals surface area contributed by atoms with Gasteiger partial charge >= 0.3 is 11.9 Å². The van der Waals surface area contributed by atoms with E-state index in [4.69, 9.17) is 9.84 Å². The first-order chi connectivity index (χ1) is 7.27. The number of hydrogen-bond donors (Lipinski definition) is 1. The first-order valence-electron chi connectivity index (χ1n) is 5.29. The van der Waals surface area contributed by atoms with Gasteiger partial charge in [0.15, 0.2) is 0 Å². The van der Waals surface area contributed by atoms with E-state index in [0.29, 0.717) is 6.42 Å². The van der Waals surface area contributed by atoms with Gasteiger partial charge in [-0.05, 0) is 33.1 Å². The van der Waals surface area contributed by atoms with Crippen LogP contribution in [0.4, 0.5) is 0 Å². The van der Waals surface area contributed by atoms with E-state index in [1.54, 1.807) is 26.8 Å². The first-order valence-corrected chi connectivity index (χ1v) is 5.29. The van der Waals surface area contributed by atoms with Gasteiger partial charge in [-0.25, -0.2) is 0 Å². The molecule has 0 amide bonds. The van der Waals surface area contributed by atoms with Crippen molar-refractivity contribution < 1.29 is 19.4 Å². The summed E-state index contributed by atoms with van der Waals surface area (Å²) < 4.78 is 5.04. The molecule has 0 aromatic carbocycles. The third-order valence-electron chi connectivity index (χ3n) is 2.10. The van der Waals surface area contributed by atoms with E-state index in [0.717, 1.165) is 0 Å². The smallest absolute Gasteiger partial charge is 0.311 e. The second kappa shape index (κ2) is 6.30. The molecule has 4 nitrogen and oxygen atoms in total. The van der Waals surface area contributed by atoms with E-state index in [1.807, 2.05) is 0 Å². The Bertz CT molecular complexity index is 263. The highest BCUT2D eigenvalue weighted by Gasteiger charge is 2.23. The second-order valence-corrected chi connectivity index (χ2v) is 4.77. The van der Waals surface area contributed by atoms with Crippen molar-refractivity contribution in [3.63, 3.8) is 0 Å². The third kappa shape index (κ3) is 6.22. The average Bonchev–Trinajstić information content (AvgIpc) is 2.13. The number of aliphatic carboxylic acids is 1. The number of carbonyl (C=O) groups excluding carboxylic acids is 1. The fourth-order valence-corrected chi connectivity index (χ4v) is 1.05. The summed E-state index contributed by atoms with van der Waals surface area (Å²) in [5, 5.41) is 8.60. The molecule has 4 heteroatoms. The quantitative estimate of drug-likeness (QED) is 0.559. The summed E-state index contributed by atoms with van der Waals surface area (Å²) in [4.78, 5) is 21.9. The Morgan fingerprint density at radius 3 is 2.38 bits per heavy atom. The molecule has 0 fully saturated rings. The van der Waals surface area contributed by atoms with Gasteiger partial charge in [-0.3, -0.25) is 9.59 Å². The van der Waals surface area contributed by atoms with Gasteiger partial charge in [0.1, 0.15) is 0 Å². The number of carboxylic acid groups (broad SMARTS) is 1. The van der Waals surface area contributed by atoms with E-state index in [9.17, 15) is 9.59 Å². The molecule has 0 saturated heterocycles. The Morgan fingerprint density at radius 2 is 2.00 bits per heavy atom. The number of allylic oxidation sites excluding steroid dienone is 1. The Labute approximate surface area is 96.3 Å². The van der Waals surface area contributed by atoms with Gasteiger partial charge < -0.3 is 9.84 Å². The highest BCUT2D eigenvalue weighted by atomic mass is 16.5. The van der Waals surface area contributed by atoms with E-state index in [1.165, 1.54) is 0 Å². The maximum Gasteiger partial charge on any atom is 0.311 e. The van der Waals surface area contributed by atoms with Gasteiger partial charge in [-0.15, -0.1) is 6.58 Å². The van der Waals surface area contributed by atoms with Crippen molar-refractivity contribution in [3.8, 4) is 0 Å². The molecular formula is C12H20O4. The van der Waals surface area contributed by atoms with Crippen molar-refractivity contribution >= 4 is 11.9 Å². The lowest BCUT2D eigenvalue weighted by atomic mass is 9.97. The number of carboxylic acids is 1. The van der Waals surface area contributed by atoms with E-state index >= 15 is 0 Å². The maximum absolute atomic E-state index is 11.4. The number of rotatable bonds is 6. The Kier molecular flexibility index (Phi) is 5.78. The van der Waals surface area contributed by atoms with Crippen LogP contribution in [0, 0.1) is 11.3 Å². The molecule has 1 atom stereocenters. The van der Waals surface area contributed by atoms with Gasteiger partial charge in [0, 0.05) is 0 Å². The predicted molar refractivity (Wildman–Crippen MR) is 61.0 cm³/mol. The standard InChI is InChI=1S/C12H20O4/c1-5-9(8-10(13)14)6-7-16-11(15)12(2,3)4/h5,9H,1,6-8H2,2-4H3,(H,13,14). The molecule has 16 heavy (non-hydrogen) atoms. The molecule has 0 saturated carbocycles. The highest BCUT2D eigenvalue weighted by molar-refractivity contribution is 5.75. The lowest BCUT2D eigenvalue weighted by molar-refractivity contribution is -0.153. The highest BCUT2D eigenvalue weighted by Crippen LogP contribution is 2.16. The van der Waals surface area contributed by atoms with Crippen molar-refractivity contribution in [1.82, 2.24) is 0 Å². The lowest BCUT2D eigenvalue weighted by Crippen LogP contribution is -2.24. The van der Waals surface area contributed by atoms with Crippen LogP contribution in [-0.2, 0) is 14.3 Å². The minimum Gasteiger partial charge on any atom is -0.481 e. The van der Waals surface area contributed by atoms with E-state index < -0.39 is 11.4 Å². The molecule has 0 spiro atoms. The summed E-state index contributed by atoms with van der Waals surface area (Å²) in [6.45, 7) is 9.12. The molecule has 0 aliphatic carbocycles. The minimum atomic E-state index is -0.868. The molecule has 0 bridgehead atoms. The second-order valence-electron chi connectivity index (χ2n) is 4.77. The SMILES string of the molecule is C=CC(CCOC(=O)C(C)(C)C)CC(=O)O. The van der Waals surface area contributed by atoms with Crippen molar-refractivity contribution in [2.24, 2.45) is 11.3 Å². The minimum absolute atomic E-state index is 0.0244. The topological polar surface area (TPSA) is 63.6 Å². The van der Waals surface area contributed by atoms with Crippen LogP contribution in [0.15, 0.2) is 12.7 Å². The molecule has 0 aromatic heterocycles. The van der Waals surface area contributed by atoms with Crippen LogP contribution in [0.25, 0.3) is 0 Å². The van der Waals surface area contributed by atoms with Gasteiger partial charge in [0.2, 0.25) is 0 Å². The summed E-state index contributed by atoms with van der Waals surface area (Å²) >= 11 is 0. The van der Waals surface area contributed by atoms with E-state index in [2.05, 4.69) is 6.58 Å². The molecular weight excluding hydrogens is 208 g/mol. The fraction of sp³-hybridized carbons (Fsp3) is 0.667. The zero-order chi connectivity index (χ0) is 12.8. The van der Waals surface area contributed by atoms with Crippen molar-refractivity contribution in [1.29, 1.82) is 0 Å². The molecule has 1 N–H and O–H groups in total. The van der Waals surface area contributed by atoms with Gasteiger partial charge in [0.05, 0.1) is 18.4 Å². The fourth-order valence-electron chi connectivity index (χ4n) is 1.05. The Morgan fingerprint density at radius 1 is 1.44 bits per heavy atom. The van der Waals surface area contributed by atoms with Crippen LogP contribution < -0.4 is 0 Å². The van der Waals surface area contributed by atoms with Gasteiger partial charge in [-0.1, -0.05) is 6.08 Å². The summed E-state index contributed by atoms with van der Waals surface area (Å²) in [7, 11) is 0. The summed E-state index contributed by atoms with van der Waals surface area (Å²) in [5.41, 5.74) is -0.517. The number of carbonyl (C=O) groups is 2. The van der Waals surface area contributed by atoms with Crippen LogP contribution in [0.3, 0.4) is 0 Å². The number of hydrogen-bond acceptors (Lipinski definition) is 3. The number of esters is 1. The Balaban J connectivity index is 3.92. The summed E-state index contributed by atoms with van der Waals surface area (Å²) in [5.74, 6) is -1.29. The first kappa shape index (κ1) is 14.7. The number of ether oxygens (including phenoxy) is 1. The molecule has 1 unspecified atom stereocenters. The molecule has 0 rings (SSSR count). The predicted octanol–water partition coefficient (Wildman–Crippen LogP) is 2.24. The van der Waals surface area contributed by atoms with Crippen molar-refractivity contribution in [3.05, 3.63) is 12.7 Å². The normalized spacial score (nSPS) is 12.9. The van der Waals surface area contributed by atoms with Crippen molar-refractivity contribution in [2.75, 3.05) is 6.61 Å². The molecule has 0 aromatic rings. The van der Waals surface area contributed by atoms with Gasteiger partial charge in [-0.2, -0.15) is 0 Å². The molecule has 92 valence electrons. The Hall–Kier alpha value is -1.32. The largest absolute Gasteiger partial charge is 0.481 e. The van der Waals surface area contributed by atoms with Crippen LogP contribution in [-0.4, -0.2) is 23.7 Å². The summed E-state index contributed by atoms with van der Waals surface area (Å²) in [6, 6.07) is 0. The average molecular weight is 228 g/mol. The zero-order valence-electron chi connectivity index (χ0n) is 10.2. The monoisotopic (exact) mass is 228 g/mol. The molecule has 0 aliphatic heterocycles. The summed E-state index contributed by atoms with van der Waals surface area (Å²) in [6.07, 6.45) is 2.10. The molecule has 0 heterocycles. The van der Waals surface area contributed by atoms with E-state index in [-0.39, 0.29) is 24.9 Å². The maximum atomic E-state index is 11.4. The zero-order valence-corrected chi connectivity index (χ0v) is 10.2. The van der Waals surface area contributed by atoms with Gasteiger partial charge in [0.25, 0.3) is 0 Å². The lowest BCUT2D eigenvalue weighted by Gasteiger charge is -2.17. The van der Waals surface area contributed by atoms with Crippen LogP contribution in [0.1, 0.15) is 33.6 Å². The van der Waals surface area contributed by atoms with Crippen LogP contribution in [0.5, 0.6) is 0 Å². The van der Waals surface area contributed by atoms with Crippen LogP contribution in [0.2, 0.25) is 0 Å². The van der Waals surface area contributed by atoms with Crippen LogP contribution >= 0.6 is 0 Å². The molecule has 0 aliphatic rings. The third-order valence-corrected chi connectivity index (χ3v) is 2.10. The molecule has 0 radical (unpaired) electrons. The van der Waals surface area contributed by atoms with Crippen molar-refractivity contribution in [2.45, 2.75) is 33.6 Å².